The Morgan fingerprint density at radius 1 is 1.22 bits per heavy atom. The number of benzene rings is 1. The Morgan fingerprint density at radius 3 is 2.89 bits per heavy atom. The number of anilines is 2. The predicted molar refractivity (Wildman–Crippen MR) is 108 cm³/mol. The molecule has 1 fully saturated rings. The molecule has 1 aliphatic carbocycles. The van der Waals surface area contributed by atoms with E-state index in [2.05, 4.69) is 15.3 Å². The summed E-state index contributed by atoms with van der Waals surface area (Å²) in [5.41, 5.74) is 0.192. The van der Waals surface area contributed by atoms with Crippen LogP contribution in [0.4, 0.5) is 11.5 Å². The van der Waals surface area contributed by atoms with Gasteiger partial charge in [-0.3, -0.25) is 0 Å². The van der Waals surface area contributed by atoms with Gasteiger partial charge in [-0.15, -0.1) is 0 Å². The summed E-state index contributed by atoms with van der Waals surface area (Å²) >= 11 is 5.84. The lowest BCUT2D eigenvalue weighted by atomic mass is 9.84. The van der Waals surface area contributed by atoms with Gasteiger partial charge in [-0.25, -0.2) is 9.97 Å². The summed E-state index contributed by atoms with van der Waals surface area (Å²) in [4.78, 5) is 8.52. The first kappa shape index (κ1) is 18.0. The molecule has 6 heteroatoms. The summed E-state index contributed by atoms with van der Waals surface area (Å²) in [7, 11) is 0. The van der Waals surface area contributed by atoms with Gasteiger partial charge < -0.3 is 15.2 Å². The largest absolute Gasteiger partial charge is 0.490 e. The summed E-state index contributed by atoms with van der Waals surface area (Å²) < 4.78 is 6.14. The van der Waals surface area contributed by atoms with E-state index in [0.29, 0.717) is 11.6 Å². The molecule has 5 nitrogen and oxygen atoms in total. The Morgan fingerprint density at radius 2 is 2.11 bits per heavy atom. The predicted octanol–water partition coefficient (Wildman–Crippen LogP) is 5.10. The highest BCUT2D eigenvalue weighted by atomic mass is 35.5. The minimum absolute atomic E-state index is 0.0470. The fourth-order valence-corrected chi connectivity index (χ4v) is 3.73. The molecule has 140 valence electrons. The second-order valence-electron chi connectivity index (χ2n) is 7.37. The van der Waals surface area contributed by atoms with Crippen LogP contribution in [0, 0.1) is 0 Å². The van der Waals surface area contributed by atoms with Crippen molar-refractivity contribution in [3.8, 4) is 5.75 Å². The molecule has 2 N–H and O–H groups in total. The Kier molecular flexibility index (Phi) is 4.89. The highest BCUT2D eigenvalue weighted by Crippen LogP contribution is 2.32. The first-order valence-corrected chi connectivity index (χ1v) is 9.53. The molecule has 0 aliphatic heterocycles. The molecule has 0 bridgehead atoms. The molecule has 2 atom stereocenters. The SMILES string of the molecule is CC1(O)CCCC(Oc2ccc3c(Nc4ccc(Cl)nc4)nccc3c2)C1. The average molecular weight is 384 g/mol. The second-order valence-corrected chi connectivity index (χ2v) is 7.76. The minimum atomic E-state index is -0.632. The number of aromatic nitrogens is 2. The van der Waals surface area contributed by atoms with E-state index >= 15 is 0 Å². The van der Waals surface area contributed by atoms with E-state index in [0.717, 1.165) is 47.3 Å². The maximum absolute atomic E-state index is 10.3. The first-order valence-electron chi connectivity index (χ1n) is 9.15. The van der Waals surface area contributed by atoms with Gasteiger partial charge in [0.15, 0.2) is 0 Å². The van der Waals surface area contributed by atoms with Crippen molar-refractivity contribution < 1.29 is 9.84 Å². The zero-order chi connectivity index (χ0) is 18.9. The van der Waals surface area contributed by atoms with Gasteiger partial charge >= 0.3 is 0 Å². The third-order valence-electron chi connectivity index (χ3n) is 4.94. The lowest BCUT2D eigenvalue weighted by Gasteiger charge is -2.34. The Labute approximate surface area is 163 Å². The van der Waals surface area contributed by atoms with Crippen LogP contribution in [0.5, 0.6) is 5.75 Å². The molecule has 1 saturated carbocycles. The van der Waals surface area contributed by atoms with Gasteiger partial charge in [0.05, 0.1) is 17.5 Å². The topological polar surface area (TPSA) is 67.3 Å². The monoisotopic (exact) mass is 383 g/mol. The molecule has 0 radical (unpaired) electrons. The molecular formula is C21H22ClN3O2. The van der Waals surface area contributed by atoms with E-state index in [1.165, 1.54) is 0 Å². The third-order valence-corrected chi connectivity index (χ3v) is 5.16. The van der Waals surface area contributed by atoms with E-state index in [1.54, 1.807) is 18.5 Å². The third kappa shape index (κ3) is 4.31. The zero-order valence-corrected chi connectivity index (χ0v) is 15.9. The summed E-state index contributed by atoms with van der Waals surface area (Å²) in [5, 5.41) is 16.0. The summed E-state index contributed by atoms with van der Waals surface area (Å²) in [6.45, 7) is 1.89. The molecule has 27 heavy (non-hydrogen) atoms. The molecule has 2 aromatic heterocycles. The van der Waals surface area contributed by atoms with Crippen molar-refractivity contribution in [2.75, 3.05) is 5.32 Å². The van der Waals surface area contributed by atoms with Crippen molar-refractivity contribution in [3.63, 3.8) is 0 Å². The molecule has 2 heterocycles. The van der Waals surface area contributed by atoms with Crippen molar-refractivity contribution in [1.29, 1.82) is 0 Å². The normalized spacial score (nSPS) is 22.6. The number of ether oxygens (including phenoxy) is 1. The van der Waals surface area contributed by atoms with Gasteiger partial charge in [0.2, 0.25) is 0 Å². The van der Waals surface area contributed by atoms with E-state index in [-0.39, 0.29) is 6.10 Å². The number of nitrogens with zero attached hydrogens (tertiary/aromatic N) is 2. The maximum Gasteiger partial charge on any atom is 0.138 e. The standard InChI is InChI=1S/C21H22ClN3O2/c1-21(26)9-2-3-17(12-21)27-16-5-6-18-14(11-16)8-10-23-20(18)25-15-4-7-19(22)24-13-15/h4-8,10-11,13,17,26H,2-3,9,12H2,1H3,(H,23,25). The van der Waals surface area contributed by atoms with Gasteiger partial charge in [0.1, 0.15) is 22.8 Å². The van der Waals surface area contributed by atoms with Gasteiger partial charge in [0.25, 0.3) is 0 Å². The summed E-state index contributed by atoms with van der Waals surface area (Å²) in [5.74, 6) is 1.57. The van der Waals surface area contributed by atoms with Crippen LogP contribution in [-0.4, -0.2) is 26.8 Å². The van der Waals surface area contributed by atoms with Crippen LogP contribution in [0.3, 0.4) is 0 Å². The second kappa shape index (κ2) is 7.33. The molecule has 0 saturated heterocycles. The number of pyridine rings is 2. The molecule has 3 aromatic rings. The van der Waals surface area contributed by atoms with Gasteiger partial charge in [0, 0.05) is 18.0 Å². The first-order chi connectivity index (χ1) is 13.0. The fraction of sp³-hybridized carbons (Fsp3) is 0.333. The number of fused-ring (bicyclic) bond motifs is 1. The molecule has 0 amide bonds. The summed E-state index contributed by atoms with van der Waals surface area (Å²) in [6.07, 6.45) is 6.95. The molecule has 1 aromatic carbocycles. The molecular weight excluding hydrogens is 362 g/mol. The number of rotatable bonds is 4. The van der Waals surface area contributed by atoms with Gasteiger partial charge in [-0.2, -0.15) is 0 Å². The van der Waals surface area contributed by atoms with Crippen LogP contribution in [-0.2, 0) is 0 Å². The van der Waals surface area contributed by atoms with Crippen LogP contribution in [0.1, 0.15) is 32.6 Å². The minimum Gasteiger partial charge on any atom is -0.490 e. The Bertz CT molecular complexity index is 944. The lowest BCUT2D eigenvalue weighted by molar-refractivity contribution is -0.0232. The number of halogens is 1. The molecule has 1 aliphatic rings. The van der Waals surface area contributed by atoms with E-state index in [1.807, 2.05) is 37.3 Å². The van der Waals surface area contributed by atoms with Crippen molar-refractivity contribution in [3.05, 3.63) is 53.9 Å². The zero-order valence-electron chi connectivity index (χ0n) is 15.2. The van der Waals surface area contributed by atoms with Crippen molar-refractivity contribution >= 4 is 33.9 Å². The molecule has 2 unspecified atom stereocenters. The molecule has 4 rings (SSSR count). The van der Waals surface area contributed by atoms with Crippen LogP contribution in [0.15, 0.2) is 48.8 Å². The highest BCUT2D eigenvalue weighted by molar-refractivity contribution is 6.29. The van der Waals surface area contributed by atoms with Crippen LogP contribution < -0.4 is 10.1 Å². The number of hydrogen-bond acceptors (Lipinski definition) is 5. The van der Waals surface area contributed by atoms with E-state index < -0.39 is 5.60 Å². The van der Waals surface area contributed by atoms with Crippen molar-refractivity contribution in [2.45, 2.75) is 44.3 Å². The van der Waals surface area contributed by atoms with Crippen LogP contribution in [0.25, 0.3) is 10.8 Å². The van der Waals surface area contributed by atoms with Crippen LogP contribution >= 0.6 is 11.6 Å². The quantitative estimate of drug-likeness (QED) is 0.613. The maximum atomic E-state index is 10.3. The van der Waals surface area contributed by atoms with Gasteiger partial charge in [-0.1, -0.05) is 11.6 Å². The Balaban J connectivity index is 1.55. The fourth-order valence-electron chi connectivity index (χ4n) is 3.61. The lowest BCUT2D eigenvalue weighted by Crippen LogP contribution is -2.37. The van der Waals surface area contributed by atoms with Gasteiger partial charge in [-0.05, 0) is 68.0 Å². The van der Waals surface area contributed by atoms with E-state index in [4.69, 9.17) is 16.3 Å². The highest BCUT2D eigenvalue weighted by Gasteiger charge is 2.31. The van der Waals surface area contributed by atoms with Crippen molar-refractivity contribution in [1.82, 2.24) is 9.97 Å². The summed E-state index contributed by atoms with van der Waals surface area (Å²) in [6, 6.07) is 11.5. The smallest absolute Gasteiger partial charge is 0.138 e. The average Bonchev–Trinajstić information content (AvgIpc) is 2.63. The number of hydrogen-bond donors (Lipinski definition) is 2. The number of nitrogens with one attached hydrogen (secondary N) is 1. The van der Waals surface area contributed by atoms with Crippen molar-refractivity contribution in [2.24, 2.45) is 0 Å². The molecule has 0 spiro atoms. The number of aliphatic hydroxyl groups is 1. The Hall–Kier alpha value is -2.37. The van der Waals surface area contributed by atoms with Crippen LogP contribution in [0.2, 0.25) is 5.15 Å². The van der Waals surface area contributed by atoms with E-state index in [9.17, 15) is 5.11 Å².